The minimum Gasteiger partial charge on any atom is -0.497 e. The van der Waals surface area contributed by atoms with E-state index < -0.39 is 0 Å². The molecule has 2 fully saturated rings. The van der Waals surface area contributed by atoms with Gasteiger partial charge in [-0.25, -0.2) is 0 Å². The van der Waals surface area contributed by atoms with Gasteiger partial charge in [-0.1, -0.05) is 13.0 Å². The Morgan fingerprint density at radius 1 is 1.06 bits per heavy atom. The summed E-state index contributed by atoms with van der Waals surface area (Å²) in [5.74, 6) is 1.97. The topological polar surface area (TPSA) is 46.6 Å². The molecule has 2 heterocycles. The first-order valence-corrected chi connectivity index (χ1v) is 11.5. The van der Waals surface area contributed by atoms with E-state index in [1.54, 1.807) is 7.11 Å². The summed E-state index contributed by atoms with van der Waals surface area (Å²) in [5, 5.41) is 3.51. The van der Waals surface area contributed by atoms with Gasteiger partial charge in [-0.3, -0.25) is 9.89 Å². The quantitative estimate of drug-likeness (QED) is 0.324. The first-order valence-electron chi connectivity index (χ1n) is 11.5. The molecule has 176 valence electrons. The summed E-state index contributed by atoms with van der Waals surface area (Å²) in [6.45, 7) is 18.2. The summed E-state index contributed by atoms with van der Waals surface area (Å²) in [5.41, 5.74) is 1.23. The molecule has 0 amide bonds. The molecule has 8 heteroatoms. The molecule has 31 heavy (non-hydrogen) atoms. The van der Waals surface area contributed by atoms with Crippen molar-refractivity contribution in [2.75, 3.05) is 84.0 Å². The van der Waals surface area contributed by atoms with E-state index in [0.29, 0.717) is 6.04 Å². The number of rotatable bonds is 7. The first-order chi connectivity index (χ1) is 14.6. The zero-order chi connectivity index (χ0) is 21.3. The second-order valence-corrected chi connectivity index (χ2v) is 8.19. The van der Waals surface area contributed by atoms with Gasteiger partial charge >= 0.3 is 0 Å². The Hall–Kier alpha value is -1.26. The highest BCUT2D eigenvalue weighted by Gasteiger charge is 2.22. The number of piperazine rings is 2. The van der Waals surface area contributed by atoms with Gasteiger partial charge in [-0.15, -0.1) is 24.0 Å². The van der Waals surface area contributed by atoms with Crippen molar-refractivity contribution >= 4 is 35.6 Å². The number of benzene rings is 1. The summed E-state index contributed by atoms with van der Waals surface area (Å²) in [7, 11) is 1.72. The standard InChI is InChI=1S/C23H40N6O.HI/c1-5-24-23(25-19-20(3)27-12-10-26(6-2)11-13-27)29-16-14-28(15-17-29)21-8-7-9-22(18-21)30-4;/h7-9,18,20H,5-6,10-17,19H2,1-4H3,(H,24,25);1H. The lowest BCUT2D eigenvalue weighted by molar-refractivity contribution is 0.109. The Balaban J connectivity index is 0.00000341. The molecule has 1 aromatic carbocycles. The molecule has 1 N–H and O–H groups in total. The third-order valence-electron chi connectivity index (χ3n) is 6.32. The van der Waals surface area contributed by atoms with Crippen LogP contribution in [0.2, 0.25) is 0 Å². The van der Waals surface area contributed by atoms with E-state index in [9.17, 15) is 0 Å². The molecular weight excluding hydrogens is 503 g/mol. The van der Waals surface area contributed by atoms with Gasteiger partial charge in [0.05, 0.1) is 13.7 Å². The van der Waals surface area contributed by atoms with Crippen LogP contribution in [0.3, 0.4) is 0 Å². The second-order valence-electron chi connectivity index (χ2n) is 8.19. The van der Waals surface area contributed by atoms with Gasteiger partial charge in [-0.2, -0.15) is 0 Å². The fourth-order valence-corrected chi connectivity index (χ4v) is 4.26. The van der Waals surface area contributed by atoms with Crippen LogP contribution in [0.1, 0.15) is 20.8 Å². The normalized spacial score (nSPS) is 19.7. The number of anilines is 1. The maximum absolute atomic E-state index is 5.38. The number of ether oxygens (including phenoxy) is 1. The maximum atomic E-state index is 5.38. The van der Waals surface area contributed by atoms with Crippen LogP contribution in [-0.2, 0) is 0 Å². The molecule has 0 saturated carbocycles. The number of nitrogens with zero attached hydrogens (tertiary/aromatic N) is 5. The number of methoxy groups -OCH3 is 1. The molecule has 1 atom stereocenters. The van der Waals surface area contributed by atoms with Gasteiger partial charge in [0.1, 0.15) is 5.75 Å². The molecule has 1 aromatic rings. The average Bonchev–Trinajstić information content (AvgIpc) is 2.81. The molecule has 0 aromatic heterocycles. The molecule has 0 spiro atoms. The second kappa shape index (κ2) is 13.3. The predicted octanol–water partition coefficient (Wildman–Crippen LogP) is 2.43. The molecule has 0 bridgehead atoms. The van der Waals surface area contributed by atoms with Gasteiger partial charge in [0.25, 0.3) is 0 Å². The lowest BCUT2D eigenvalue weighted by Gasteiger charge is -2.39. The number of guanidine groups is 1. The van der Waals surface area contributed by atoms with Crippen LogP contribution < -0.4 is 15.0 Å². The van der Waals surface area contributed by atoms with Gasteiger partial charge in [0.15, 0.2) is 5.96 Å². The number of aliphatic imine (C=N–C) groups is 1. The minimum atomic E-state index is 0. The van der Waals surface area contributed by atoms with Crippen molar-refractivity contribution in [1.82, 2.24) is 20.0 Å². The largest absolute Gasteiger partial charge is 0.497 e. The molecule has 2 saturated heterocycles. The Bertz CT molecular complexity index is 672. The summed E-state index contributed by atoms with van der Waals surface area (Å²) >= 11 is 0. The van der Waals surface area contributed by atoms with E-state index in [1.807, 2.05) is 6.07 Å². The van der Waals surface area contributed by atoms with Crippen LogP contribution >= 0.6 is 24.0 Å². The van der Waals surface area contributed by atoms with Crippen LogP contribution in [0, 0.1) is 0 Å². The van der Waals surface area contributed by atoms with Crippen molar-refractivity contribution in [3.05, 3.63) is 24.3 Å². The van der Waals surface area contributed by atoms with E-state index in [4.69, 9.17) is 9.73 Å². The van der Waals surface area contributed by atoms with Crippen molar-refractivity contribution in [2.45, 2.75) is 26.8 Å². The molecule has 0 aliphatic carbocycles. The molecule has 2 aliphatic heterocycles. The van der Waals surface area contributed by atoms with Gasteiger partial charge in [0.2, 0.25) is 0 Å². The molecule has 0 radical (unpaired) electrons. The highest BCUT2D eigenvalue weighted by molar-refractivity contribution is 14.0. The van der Waals surface area contributed by atoms with Crippen molar-refractivity contribution in [3.63, 3.8) is 0 Å². The van der Waals surface area contributed by atoms with Gasteiger partial charge < -0.3 is 24.8 Å². The smallest absolute Gasteiger partial charge is 0.194 e. The van der Waals surface area contributed by atoms with Crippen LogP contribution in [0.15, 0.2) is 29.3 Å². The van der Waals surface area contributed by atoms with E-state index in [-0.39, 0.29) is 24.0 Å². The van der Waals surface area contributed by atoms with Crippen LogP contribution in [0.4, 0.5) is 5.69 Å². The van der Waals surface area contributed by atoms with Crippen molar-refractivity contribution in [2.24, 2.45) is 4.99 Å². The fraction of sp³-hybridized carbons (Fsp3) is 0.696. The molecular formula is C23H41IN6O. The Morgan fingerprint density at radius 2 is 1.77 bits per heavy atom. The van der Waals surface area contributed by atoms with Crippen LogP contribution in [0.5, 0.6) is 5.75 Å². The van der Waals surface area contributed by atoms with Gasteiger partial charge in [0, 0.05) is 76.7 Å². The fourth-order valence-electron chi connectivity index (χ4n) is 4.26. The average molecular weight is 545 g/mol. The third-order valence-corrected chi connectivity index (χ3v) is 6.32. The lowest BCUT2D eigenvalue weighted by Crippen LogP contribution is -2.53. The minimum absolute atomic E-state index is 0. The van der Waals surface area contributed by atoms with E-state index in [2.05, 4.69) is 63.9 Å². The Morgan fingerprint density at radius 3 is 2.39 bits per heavy atom. The van der Waals surface area contributed by atoms with Gasteiger partial charge in [-0.05, 0) is 32.5 Å². The van der Waals surface area contributed by atoms with Crippen molar-refractivity contribution < 1.29 is 4.74 Å². The highest BCUT2D eigenvalue weighted by Crippen LogP contribution is 2.22. The molecule has 1 unspecified atom stereocenters. The Kier molecular flexibility index (Phi) is 11.2. The summed E-state index contributed by atoms with van der Waals surface area (Å²) in [6.07, 6.45) is 0. The number of hydrogen-bond acceptors (Lipinski definition) is 5. The zero-order valence-electron chi connectivity index (χ0n) is 19.7. The summed E-state index contributed by atoms with van der Waals surface area (Å²) < 4.78 is 5.38. The number of hydrogen-bond donors (Lipinski definition) is 1. The SMILES string of the molecule is CCNC(=NCC(C)N1CCN(CC)CC1)N1CCN(c2cccc(OC)c2)CC1.I. The number of halogens is 1. The maximum Gasteiger partial charge on any atom is 0.194 e. The van der Waals surface area contributed by atoms with E-state index in [0.717, 1.165) is 70.6 Å². The number of nitrogens with one attached hydrogen (secondary N) is 1. The predicted molar refractivity (Wildman–Crippen MR) is 141 cm³/mol. The third kappa shape index (κ3) is 7.39. The summed E-state index contributed by atoms with van der Waals surface area (Å²) in [4.78, 5) is 15.0. The Labute approximate surface area is 205 Å². The van der Waals surface area contributed by atoms with Crippen LogP contribution in [-0.4, -0.2) is 106 Å². The monoisotopic (exact) mass is 544 g/mol. The first kappa shape index (κ1) is 26.0. The van der Waals surface area contributed by atoms with E-state index in [1.165, 1.54) is 18.8 Å². The molecule has 7 nitrogen and oxygen atoms in total. The van der Waals surface area contributed by atoms with Crippen LogP contribution in [0.25, 0.3) is 0 Å². The lowest BCUT2D eigenvalue weighted by atomic mass is 10.2. The van der Waals surface area contributed by atoms with Crippen molar-refractivity contribution in [3.8, 4) is 5.75 Å². The summed E-state index contributed by atoms with van der Waals surface area (Å²) in [6, 6.07) is 8.83. The van der Waals surface area contributed by atoms with E-state index >= 15 is 0 Å². The zero-order valence-corrected chi connectivity index (χ0v) is 22.0. The van der Waals surface area contributed by atoms with Crippen molar-refractivity contribution in [1.29, 1.82) is 0 Å². The highest BCUT2D eigenvalue weighted by atomic mass is 127. The molecule has 2 aliphatic rings. The number of likely N-dealkylation sites (N-methyl/N-ethyl adjacent to an activating group) is 1. The molecule has 3 rings (SSSR count).